The van der Waals surface area contributed by atoms with Gasteiger partial charge in [-0.15, -0.1) is 22.7 Å². The van der Waals surface area contributed by atoms with Gasteiger partial charge in [0.25, 0.3) is 0 Å². The van der Waals surface area contributed by atoms with Crippen LogP contribution in [0.2, 0.25) is 10.0 Å². The predicted molar refractivity (Wildman–Crippen MR) is 343 cm³/mol. The van der Waals surface area contributed by atoms with Crippen molar-refractivity contribution in [1.29, 1.82) is 0 Å². The molecule has 4 saturated heterocycles. The van der Waals surface area contributed by atoms with Gasteiger partial charge in [0, 0.05) is 133 Å². The Bertz CT molecular complexity index is 3680. The Labute approximate surface area is 546 Å². The highest BCUT2D eigenvalue weighted by atomic mass is 35.5. The molecule has 0 saturated carbocycles. The lowest BCUT2D eigenvalue weighted by atomic mass is 9.95. The Hall–Kier alpha value is -8.66. The summed E-state index contributed by atoms with van der Waals surface area (Å²) < 4.78 is 38.3. The smallest absolute Gasteiger partial charge is 0.338 e. The largest absolute Gasteiger partial charge is 0.481 e. The highest BCUT2D eigenvalue weighted by Crippen LogP contribution is 2.40. The number of thiazole rings is 2. The van der Waals surface area contributed by atoms with E-state index in [0.29, 0.717) is 122 Å². The molecule has 12 rings (SSSR count). The number of piperazine rings is 2. The number of esters is 2. The number of aromatic nitrogens is 2. The first-order valence-corrected chi connectivity index (χ1v) is 32.0. The van der Waals surface area contributed by atoms with Gasteiger partial charge < -0.3 is 40.1 Å². The number of amidine groups is 2. The molecule has 4 fully saturated rings. The van der Waals surface area contributed by atoms with Gasteiger partial charge in [-0.2, -0.15) is 0 Å². The average molecular weight is 1330 g/mol. The van der Waals surface area contributed by atoms with Crippen molar-refractivity contribution in [3.8, 4) is 0 Å². The summed E-state index contributed by atoms with van der Waals surface area (Å²) in [5.74, 6) is -3.95. The van der Waals surface area contributed by atoms with Crippen LogP contribution < -0.4 is 20.4 Å². The standard InChI is InChI=1S/2C32H32ClFN6O5S/c2*1-18(30(41)42)13-19-3-6-21(7-4-19)40-16-22-15-38(10-11-39(22)32(40)44)17-25-26(31(43)45-2)27(23-8-5-20(34)14-24(23)33)37-28(36-25)29-35-9-12-46-29/h2*3-9,12,14,18,22,27H,10-11,13,15-17H2,1-2H3,(H,36,37)(H,41,42)/t18-,22+,27+;18-,22-,27-/m10/s1. The van der Waals surface area contributed by atoms with Gasteiger partial charge in [-0.3, -0.25) is 39.2 Å². The molecule has 0 spiro atoms. The number of carbonyl (C=O) groups excluding carboxylic acids is 4. The first-order valence-electron chi connectivity index (χ1n) is 29.5. The van der Waals surface area contributed by atoms with E-state index in [-0.39, 0.29) is 45.3 Å². The summed E-state index contributed by atoms with van der Waals surface area (Å²) in [6.07, 6.45) is 4.15. The number of halogens is 4. The highest BCUT2D eigenvalue weighted by molar-refractivity contribution is 7.12. The van der Waals surface area contributed by atoms with Crippen LogP contribution in [-0.4, -0.2) is 179 Å². The van der Waals surface area contributed by atoms with Gasteiger partial charge in [0.15, 0.2) is 21.7 Å². The molecule has 0 radical (unpaired) electrons. The number of nitrogens with one attached hydrogen (secondary N) is 2. The molecular weight excluding hydrogens is 1270 g/mol. The summed E-state index contributed by atoms with van der Waals surface area (Å²) in [6, 6.07) is 20.8. The van der Waals surface area contributed by atoms with E-state index >= 15 is 0 Å². The minimum Gasteiger partial charge on any atom is -0.481 e. The molecule has 6 atom stereocenters. The maximum Gasteiger partial charge on any atom is 0.338 e. The molecule has 6 aliphatic rings. The van der Waals surface area contributed by atoms with Crippen LogP contribution in [0.5, 0.6) is 0 Å². The van der Waals surface area contributed by atoms with E-state index in [0.717, 1.165) is 22.5 Å². The van der Waals surface area contributed by atoms with Crippen LogP contribution >= 0.6 is 45.9 Å². The molecule has 4 aromatic carbocycles. The van der Waals surface area contributed by atoms with Crippen LogP contribution in [-0.2, 0) is 41.5 Å². The van der Waals surface area contributed by atoms with E-state index < -0.39 is 59.4 Å². The van der Waals surface area contributed by atoms with Crippen LogP contribution in [0, 0.1) is 23.5 Å². The number of carbonyl (C=O) groups is 6. The summed E-state index contributed by atoms with van der Waals surface area (Å²) in [7, 11) is 2.60. The van der Waals surface area contributed by atoms with Crippen molar-refractivity contribution in [1.82, 2.24) is 40.2 Å². The second kappa shape index (κ2) is 28.1. The molecule has 480 valence electrons. The SMILES string of the molecule is COC(=O)C1=C(CN2CCN3C(=O)N(c4ccc(C[C@@H](C)C(=O)O)cc4)C[C@@H]3C2)NC(c2nccs2)=N[C@H]1c1ccc(F)cc1Cl.COC(=O)C1=C(CN2CCN3C(=O)N(c4ccc(C[C@H](C)C(=O)O)cc4)C[C@@H]3C2)NC(c2nccs2)=N[C@H]1c1ccc(F)cc1Cl. The first-order chi connectivity index (χ1) is 44.2. The second-order valence-corrected chi connectivity index (χ2v) is 25.6. The van der Waals surface area contributed by atoms with Crippen molar-refractivity contribution in [3.63, 3.8) is 0 Å². The number of amides is 4. The maximum absolute atomic E-state index is 14.0. The number of carboxylic acid groups (broad SMARTS) is 2. The number of nitrogens with zero attached hydrogens (tertiary/aromatic N) is 10. The minimum absolute atomic E-state index is 0.0780. The number of carboxylic acids is 2. The average Bonchev–Trinajstić information content (AvgIpc) is 1.05. The number of urea groups is 2. The Morgan fingerprint density at radius 2 is 0.989 bits per heavy atom. The fraction of sp³-hybridized carbons (Fsp3) is 0.344. The lowest BCUT2D eigenvalue weighted by Gasteiger charge is -2.38. The Kier molecular flexibility index (Phi) is 19.8. The molecule has 6 aromatic rings. The number of aliphatic carboxylic acids is 2. The molecule has 4 N–H and O–H groups in total. The van der Waals surface area contributed by atoms with Gasteiger partial charge in [-0.25, -0.2) is 37.9 Å². The van der Waals surface area contributed by atoms with Crippen LogP contribution in [0.4, 0.5) is 29.7 Å². The van der Waals surface area contributed by atoms with Crippen molar-refractivity contribution in [2.45, 2.75) is 50.9 Å². The fourth-order valence-electron chi connectivity index (χ4n) is 12.2. The summed E-state index contributed by atoms with van der Waals surface area (Å²) in [5.41, 5.74) is 5.88. The molecule has 22 nitrogen and oxygen atoms in total. The van der Waals surface area contributed by atoms with E-state index in [9.17, 15) is 47.8 Å². The summed E-state index contributed by atoms with van der Waals surface area (Å²) in [6.45, 7) is 8.20. The number of rotatable bonds is 18. The number of hydrogen-bond acceptors (Lipinski definition) is 18. The van der Waals surface area contributed by atoms with Crippen molar-refractivity contribution in [2.24, 2.45) is 21.8 Å². The summed E-state index contributed by atoms with van der Waals surface area (Å²) >= 11 is 15.7. The van der Waals surface area contributed by atoms with Gasteiger partial charge in [0.1, 0.15) is 23.7 Å². The highest BCUT2D eigenvalue weighted by Gasteiger charge is 2.45. The van der Waals surface area contributed by atoms with Gasteiger partial charge in [0.2, 0.25) is 0 Å². The van der Waals surface area contributed by atoms with E-state index in [2.05, 4.69) is 30.4 Å². The molecule has 6 aliphatic heterocycles. The fourth-order valence-corrected chi connectivity index (χ4v) is 13.9. The molecule has 0 bridgehead atoms. The molecule has 92 heavy (non-hydrogen) atoms. The van der Waals surface area contributed by atoms with Crippen molar-refractivity contribution in [2.75, 3.05) is 89.5 Å². The monoisotopic (exact) mass is 1330 g/mol. The van der Waals surface area contributed by atoms with E-state index in [1.54, 1.807) is 36.0 Å². The Balaban J connectivity index is 0.000000188. The third kappa shape index (κ3) is 14.0. The second-order valence-electron chi connectivity index (χ2n) is 23.0. The number of benzene rings is 4. The first kappa shape index (κ1) is 64.9. The van der Waals surface area contributed by atoms with Gasteiger partial charge in [0.05, 0.1) is 49.3 Å². The van der Waals surface area contributed by atoms with E-state index in [1.165, 1.54) is 73.3 Å². The lowest BCUT2D eigenvalue weighted by molar-refractivity contribution is -0.142. The number of aliphatic imine (C=N–C) groups is 2. The zero-order chi connectivity index (χ0) is 65.1. The molecule has 0 unspecified atom stereocenters. The minimum atomic E-state index is -0.859. The van der Waals surface area contributed by atoms with Crippen molar-refractivity contribution < 1.29 is 57.2 Å². The number of fused-ring (bicyclic) bond motifs is 2. The maximum atomic E-state index is 14.0. The number of methoxy groups -OCH3 is 2. The van der Waals surface area contributed by atoms with E-state index in [4.69, 9.17) is 42.7 Å². The van der Waals surface area contributed by atoms with Crippen LogP contribution in [0.3, 0.4) is 0 Å². The predicted octanol–water partition coefficient (Wildman–Crippen LogP) is 8.69. The van der Waals surface area contributed by atoms with Crippen LogP contribution in [0.25, 0.3) is 0 Å². The van der Waals surface area contributed by atoms with E-state index in [1.807, 2.05) is 69.1 Å². The number of hydrogen-bond donors (Lipinski definition) is 4. The number of anilines is 2. The Morgan fingerprint density at radius 1 is 0.598 bits per heavy atom. The molecule has 2 aromatic heterocycles. The topological polar surface area (TPSA) is 255 Å². The van der Waals surface area contributed by atoms with Gasteiger partial charge in [-0.05, 0) is 72.5 Å². The normalized spacial score (nSPS) is 20.7. The zero-order valence-electron chi connectivity index (χ0n) is 50.3. The third-order valence-corrected chi connectivity index (χ3v) is 19.1. The molecule has 28 heteroatoms. The van der Waals surface area contributed by atoms with Crippen LogP contribution in [0.15, 0.2) is 141 Å². The summed E-state index contributed by atoms with van der Waals surface area (Å²) in [4.78, 5) is 106. The summed E-state index contributed by atoms with van der Waals surface area (Å²) in [5, 5.41) is 30.3. The van der Waals surface area contributed by atoms with Crippen molar-refractivity contribution >= 4 is 105 Å². The molecular formula is C64H64Cl2F2N12O10S2. The lowest BCUT2D eigenvalue weighted by Crippen LogP contribution is -2.53. The van der Waals surface area contributed by atoms with Crippen LogP contribution in [0.1, 0.15) is 58.2 Å². The quantitative estimate of drug-likeness (QED) is 0.0587. The van der Waals surface area contributed by atoms with Gasteiger partial charge in [-0.1, -0.05) is 73.4 Å². The van der Waals surface area contributed by atoms with Crippen molar-refractivity contribution in [3.05, 3.63) is 185 Å². The molecule has 4 amide bonds. The molecule has 0 aliphatic carbocycles. The molecule has 8 heterocycles. The Morgan fingerprint density at radius 3 is 1.33 bits per heavy atom. The van der Waals surface area contributed by atoms with Gasteiger partial charge >= 0.3 is 35.9 Å². The third-order valence-electron chi connectivity index (χ3n) is 16.9. The zero-order valence-corrected chi connectivity index (χ0v) is 53.4. The number of ether oxygens (including phenoxy) is 2.